The molecule has 0 saturated carbocycles. The van der Waals surface area contributed by atoms with Gasteiger partial charge in [0.05, 0.1) is 17.8 Å². The fourth-order valence-electron chi connectivity index (χ4n) is 3.80. The van der Waals surface area contributed by atoms with E-state index >= 15 is 0 Å². The van der Waals surface area contributed by atoms with Crippen molar-refractivity contribution in [2.75, 3.05) is 5.75 Å². The lowest BCUT2D eigenvalue weighted by Crippen LogP contribution is -2.14. The summed E-state index contributed by atoms with van der Waals surface area (Å²) < 4.78 is 0. The van der Waals surface area contributed by atoms with Gasteiger partial charge in [-0.3, -0.25) is 4.79 Å². The molecular formula is C26H36O3S. The lowest BCUT2D eigenvalue weighted by Gasteiger charge is -2.22. The monoisotopic (exact) mass is 428 g/mol. The van der Waals surface area contributed by atoms with Crippen LogP contribution in [0, 0.1) is 0 Å². The van der Waals surface area contributed by atoms with Crippen molar-refractivity contribution in [1.29, 1.82) is 0 Å². The van der Waals surface area contributed by atoms with Crippen LogP contribution in [0.3, 0.4) is 0 Å². The number of carboxylic acid groups (broad SMARTS) is 1. The van der Waals surface area contributed by atoms with E-state index in [1.54, 1.807) is 18.7 Å². The number of benzene rings is 2. The molecule has 0 saturated heterocycles. The minimum Gasteiger partial charge on any atom is -0.481 e. The van der Waals surface area contributed by atoms with Gasteiger partial charge in [-0.15, -0.1) is 0 Å². The highest BCUT2D eigenvalue weighted by Gasteiger charge is 2.20. The number of rotatable bonds is 15. The molecule has 164 valence electrons. The summed E-state index contributed by atoms with van der Waals surface area (Å²) in [7, 11) is 0. The Bertz CT molecular complexity index is 730. The third-order valence-corrected chi connectivity index (χ3v) is 6.86. The van der Waals surface area contributed by atoms with Crippen molar-refractivity contribution in [1.82, 2.24) is 0 Å². The molecule has 2 atom stereocenters. The Kier molecular flexibility index (Phi) is 11.6. The molecule has 2 N–H and O–H groups in total. The molecule has 3 nitrogen and oxygen atoms in total. The molecule has 30 heavy (non-hydrogen) atoms. The number of hydrogen-bond acceptors (Lipinski definition) is 3. The number of aliphatic hydroxyl groups excluding tert-OH is 1. The summed E-state index contributed by atoms with van der Waals surface area (Å²) in [5.41, 5.74) is 3.88. The first kappa shape index (κ1) is 24.5. The highest BCUT2D eigenvalue weighted by molar-refractivity contribution is 7.99. The first-order chi connectivity index (χ1) is 14.6. The average Bonchev–Trinajstić information content (AvgIpc) is 2.74. The van der Waals surface area contributed by atoms with E-state index in [1.165, 1.54) is 49.7 Å². The van der Waals surface area contributed by atoms with Crippen LogP contribution in [0.4, 0.5) is 0 Å². The molecule has 2 aromatic carbocycles. The van der Waals surface area contributed by atoms with Gasteiger partial charge in [-0.05, 0) is 49.3 Å². The van der Waals surface area contributed by atoms with E-state index < -0.39 is 12.1 Å². The molecule has 0 amide bonds. The summed E-state index contributed by atoms with van der Waals surface area (Å²) in [6, 6.07) is 19.0. The molecule has 0 fully saturated rings. The topological polar surface area (TPSA) is 57.5 Å². The molecule has 0 aliphatic rings. The maximum atomic E-state index is 10.8. The molecule has 2 rings (SSSR count). The number of unbranched alkanes of at least 4 members (excludes halogenated alkanes) is 5. The number of hydrogen-bond donors (Lipinski definition) is 2. The van der Waals surface area contributed by atoms with Gasteiger partial charge in [0.15, 0.2) is 0 Å². The molecular weight excluding hydrogens is 392 g/mol. The lowest BCUT2D eigenvalue weighted by molar-refractivity contribution is -0.136. The van der Waals surface area contributed by atoms with Gasteiger partial charge in [-0.2, -0.15) is 11.8 Å². The Morgan fingerprint density at radius 1 is 0.867 bits per heavy atom. The molecule has 0 bridgehead atoms. The van der Waals surface area contributed by atoms with Gasteiger partial charge in [0, 0.05) is 5.75 Å². The third-order valence-electron chi connectivity index (χ3n) is 5.42. The number of carboxylic acids is 1. The largest absolute Gasteiger partial charge is 0.481 e. The van der Waals surface area contributed by atoms with Crippen LogP contribution in [0.1, 0.15) is 73.8 Å². The van der Waals surface area contributed by atoms with Gasteiger partial charge in [0.2, 0.25) is 0 Å². The van der Waals surface area contributed by atoms with Gasteiger partial charge < -0.3 is 10.2 Å². The second-order valence-electron chi connectivity index (χ2n) is 7.98. The SMILES string of the molecule is CC(O)C(SCCC(=O)O)c1ccccc1CCCCCCCCc1ccccc1. The van der Waals surface area contributed by atoms with Gasteiger partial charge in [-0.25, -0.2) is 0 Å². The molecule has 0 aliphatic carbocycles. The number of carbonyl (C=O) groups is 1. The molecule has 0 heterocycles. The Labute approximate surface area is 185 Å². The number of aryl methyl sites for hydroxylation is 2. The van der Waals surface area contributed by atoms with E-state index in [-0.39, 0.29) is 11.7 Å². The Hall–Kier alpha value is -1.78. The van der Waals surface area contributed by atoms with Crippen LogP contribution in [-0.2, 0) is 17.6 Å². The van der Waals surface area contributed by atoms with Crippen molar-refractivity contribution in [3.05, 3.63) is 71.3 Å². The summed E-state index contributed by atoms with van der Waals surface area (Å²) in [6.45, 7) is 1.80. The van der Waals surface area contributed by atoms with E-state index in [0.29, 0.717) is 5.75 Å². The van der Waals surface area contributed by atoms with Crippen molar-refractivity contribution in [3.8, 4) is 0 Å². The van der Waals surface area contributed by atoms with Crippen molar-refractivity contribution in [2.45, 2.75) is 76.1 Å². The fraction of sp³-hybridized carbons (Fsp3) is 0.500. The van der Waals surface area contributed by atoms with Gasteiger partial charge in [0.1, 0.15) is 0 Å². The van der Waals surface area contributed by atoms with Crippen LogP contribution in [0.25, 0.3) is 0 Å². The summed E-state index contributed by atoms with van der Waals surface area (Å²) in [4.78, 5) is 10.8. The Morgan fingerprint density at radius 2 is 1.47 bits per heavy atom. The average molecular weight is 429 g/mol. The normalized spacial score (nSPS) is 13.1. The minimum atomic E-state index is -0.788. The van der Waals surface area contributed by atoms with Crippen molar-refractivity contribution in [2.24, 2.45) is 0 Å². The van der Waals surface area contributed by atoms with E-state index in [2.05, 4.69) is 48.5 Å². The molecule has 0 aliphatic heterocycles. The van der Waals surface area contributed by atoms with Crippen molar-refractivity contribution in [3.63, 3.8) is 0 Å². The fourth-order valence-corrected chi connectivity index (χ4v) is 5.03. The summed E-state index contributed by atoms with van der Waals surface area (Å²) >= 11 is 1.55. The maximum absolute atomic E-state index is 10.8. The van der Waals surface area contributed by atoms with E-state index in [4.69, 9.17) is 5.11 Å². The second-order valence-corrected chi connectivity index (χ2v) is 9.23. The first-order valence-electron chi connectivity index (χ1n) is 11.2. The molecule has 2 unspecified atom stereocenters. The molecule has 2 aromatic rings. The lowest BCUT2D eigenvalue weighted by atomic mass is 9.96. The van der Waals surface area contributed by atoms with Crippen LogP contribution >= 0.6 is 11.8 Å². The summed E-state index contributed by atoms with van der Waals surface area (Å²) in [6.07, 6.45) is 9.30. The van der Waals surface area contributed by atoms with Crippen LogP contribution in [-0.4, -0.2) is 28.0 Å². The predicted octanol–water partition coefficient (Wildman–Crippen LogP) is 6.44. The smallest absolute Gasteiger partial charge is 0.304 e. The zero-order valence-corrected chi connectivity index (χ0v) is 18.9. The van der Waals surface area contributed by atoms with Crippen LogP contribution in [0.15, 0.2) is 54.6 Å². The van der Waals surface area contributed by atoms with Crippen LogP contribution < -0.4 is 0 Å². The van der Waals surface area contributed by atoms with E-state index in [0.717, 1.165) is 18.4 Å². The molecule has 4 heteroatoms. The summed E-state index contributed by atoms with van der Waals surface area (Å²) in [5, 5.41) is 19.1. The van der Waals surface area contributed by atoms with E-state index in [1.807, 2.05) is 6.07 Å². The third kappa shape index (κ3) is 9.36. The highest BCUT2D eigenvalue weighted by Crippen LogP contribution is 2.35. The predicted molar refractivity (Wildman–Crippen MR) is 127 cm³/mol. The number of aliphatic hydroxyl groups is 1. The standard InChI is InChI=1S/C26H36O3S/c1-21(27)26(30-20-19-25(28)29)24-18-12-11-17-23(24)16-10-5-3-2-4-7-13-22-14-8-6-9-15-22/h6,8-9,11-12,14-15,17-18,21,26-27H,2-5,7,10,13,16,19-20H2,1H3,(H,28,29). The quantitative estimate of drug-likeness (QED) is 0.320. The molecule has 0 aromatic heterocycles. The van der Waals surface area contributed by atoms with Gasteiger partial charge in [-0.1, -0.05) is 80.3 Å². The van der Waals surface area contributed by atoms with Crippen LogP contribution in [0.2, 0.25) is 0 Å². The zero-order valence-electron chi connectivity index (χ0n) is 18.1. The second kappa shape index (κ2) is 14.3. The number of thioether (sulfide) groups is 1. The van der Waals surface area contributed by atoms with Crippen LogP contribution in [0.5, 0.6) is 0 Å². The number of aliphatic carboxylic acids is 1. The van der Waals surface area contributed by atoms with Crippen molar-refractivity contribution < 1.29 is 15.0 Å². The first-order valence-corrected chi connectivity index (χ1v) is 12.3. The molecule has 0 spiro atoms. The Morgan fingerprint density at radius 3 is 2.13 bits per heavy atom. The zero-order chi connectivity index (χ0) is 21.6. The van der Waals surface area contributed by atoms with Gasteiger partial charge >= 0.3 is 5.97 Å². The van der Waals surface area contributed by atoms with E-state index in [9.17, 15) is 9.90 Å². The summed E-state index contributed by atoms with van der Waals surface area (Å²) in [5.74, 6) is -0.272. The molecule has 0 radical (unpaired) electrons. The van der Waals surface area contributed by atoms with Gasteiger partial charge in [0.25, 0.3) is 0 Å². The minimum absolute atomic E-state index is 0.0708. The maximum Gasteiger partial charge on any atom is 0.304 e. The van der Waals surface area contributed by atoms with Crippen molar-refractivity contribution >= 4 is 17.7 Å². The Balaban J connectivity index is 1.71. The highest BCUT2D eigenvalue weighted by atomic mass is 32.2.